The van der Waals surface area contributed by atoms with Crippen molar-refractivity contribution in [2.24, 2.45) is 0 Å². The highest BCUT2D eigenvalue weighted by molar-refractivity contribution is 9.10. The summed E-state index contributed by atoms with van der Waals surface area (Å²) in [5.74, 6) is -0.844. The molecular weight excluding hydrogens is 261 g/mol. The Morgan fingerprint density at radius 3 is 2.64 bits per heavy atom. The zero-order valence-corrected chi connectivity index (χ0v) is 8.35. The third kappa shape index (κ3) is 2.23. The largest absolute Gasteiger partial charge is 0.280 e. The van der Waals surface area contributed by atoms with Crippen LogP contribution in [0, 0.1) is 17.1 Å². The van der Waals surface area contributed by atoms with Gasteiger partial charge in [0.15, 0.2) is 0 Å². The highest BCUT2D eigenvalue weighted by Gasteiger charge is 2.15. The molecule has 1 rings (SSSR count). The van der Waals surface area contributed by atoms with E-state index in [0.29, 0.717) is 6.07 Å². The molecule has 0 aliphatic carbocycles. The van der Waals surface area contributed by atoms with E-state index in [2.05, 4.69) is 20.9 Å². The minimum Gasteiger partial charge on any atom is -0.239 e. The van der Waals surface area contributed by atoms with Gasteiger partial charge >= 0.3 is 0 Å². The molecular formula is C8H4BrF3N2. The van der Waals surface area contributed by atoms with Gasteiger partial charge < -0.3 is 0 Å². The highest BCUT2D eigenvalue weighted by Crippen LogP contribution is 2.24. The minimum absolute atomic E-state index is 0.00287. The maximum Gasteiger partial charge on any atom is 0.280 e. The average molecular weight is 265 g/mol. The van der Waals surface area contributed by atoms with Gasteiger partial charge in [0.05, 0.1) is 12.5 Å². The fourth-order valence-electron chi connectivity index (χ4n) is 0.877. The van der Waals surface area contributed by atoms with E-state index in [1.54, 1.807) is 6.07 Å². The van der Waals surface area contributed by atoms with E-state index in [0.717, 1.165) is 0 Å². The Morgan fingerprint density at radius 1 is 1.57 bits per heavy atom. The summed E-state index contributed by atoms with van der Waals surface area (Å²) in [5, 5.41) is 8.33. The van der Waals surface area contributed by atoms with E-state index < -0.39 is 17.9 Å². The van der Waals surface area contributed by atoms with Gasteiger partial charge in [-0.15, -0.1) is 0 Å². The van der Waals surface area contributed by atoms with Crippen molar-refractivity contribution in [1.82, 2.24) is 4.98 Å². The highest BCUT2D eigenvalue weighted by atomic mass is 79.9. The summed E-state index contributed by atoms with van der Waals surface area (Å²) in [7, 11) is 0. The lowest BCUT2D eigenvalue weighted by molar-refractivity contribution is 0.145. The van der Waals surface area contributed by atoms with Crippen molar-refractivity contribution in [2.45, 2.75) is 12.8 Å². The molecule has 0 radical (unpaired) electrons. The summed E-state index contributed by atoms with van der Waals surface area (Å²) in [6.07, 6.45) is -3.03. The predicted molar refractivity (Wildman–Crippen MR) is 46.2 cm³/mol. The second kappa shape index (κ2) is 4.42. The third-order valence-corrected chi connectivity index (χ3v) is 2.17. The number of hydrogen-bond donors (Lipinski definition) is 0. The molecule has 0 fully saturated rings. The van der Waals surface area contributed by atoms with Crippen LogP contribution in [-0.4, -0.2) is 4.98 Å². The van der Waals surface area contributed by atoms with E-state index in [1.807, 2.05) is 0 Å². The molecule has 0 saturated heterocycles. The van der Waals surface area contributed by atoms with Gasteiger partial charge in [-0.3, -0.25) is 0 Å². The molecule has 6 heteroatoms. The Hall–Kier alpha value is -1.09. The van der Waals surface area contributed by atoms with Gasteiger partial charge in [-0.2, -0.15) is 5.26 Å². The number of pyridine rings is 1. The van der Waals surface area contributed by atoms with Crippen LogP contribution in [0.1, 0.15) is 17.7 Å². The van der Waals surface area contributed by atoms with Crippen molar-refractivity contribution in [3.8, 4) is 6.07 Å². The van der Waals surface area contributed by atoms with Crippen molar-refractivity contribution in [3.63, 3.8) is 0 Å². The smallest absolute Gasteiger partial charge is 0.239 e. The lowest BCUT2D eigenvalue weighted by atomic mass is 10.2. The molecule has 0 aromatic carbocycles. The normalized spacial score (nSPS) is 10.3. The van der Waals surface area contributed by atoms with Crippen LogP contribution in [0.5, 0.6) is 0 Å². The van der Waals surface area contributed by atoms with Crippen molar-refractivity contribution in [3.05, 3.63) is 27.7 Å². The SMILES string of the molecule is N#CCc1c(F)cc(C(F)F)nc1Br. The second-order valence-electron chi connectivity index (χ2n) is 2.43. The summed E-state index contributed by atoms with van der Waals surface area (Å²) >= 11 is 2.83. The Bertz CT molecular complexity index is 364. The van der Waals surface area contributed by atoms with Gasteiger partial charge in [-0.1, -0.05) is 0 Å². The topological polar surface area (TPSA) is 36.7 Å². The lowest BCUT2D eigenvalue weighted by Crippen LogP contribution is -1.99. The van der Waals surface area contributed by atoms with E-state index in [9.17, 15) is 13.2 Å². The Morgan fingerprint density at radius 2 is 2.21 bits per heavy atom. The number of nitrogens with zero attached hydrogens (tertiary/aromatic N) is 2. The van der Waals surface area contributed by atoms with Crippen LogP contribution in [0.3, 0.4) is 0 Å². The van der Waals surface area contributed by atoms with Gasteiger partial charge in [-0.25, -0.2) is 18.2 Å². The molecule has 0 aliphatic rings. The quantitative estimate of drug-likeness (QED) is 0.771. The Labute approximate surface area is 86.5 Å². The summed E-state index contributed by atoms with van der Waals surface area (Å²) in [4.78, 5) is 3.43. The first-order valence-corrected chi connectivity index (χ1v) is 4.35. The van der Waals surface area contributed by atoms with E-state index >= 15 is 0 Å². The molecule has 1 heterocycles. The molecule has 14 heavy (non-hydrogen) atoms. The predicted octanol–water partition coefficient (Wildman–Crippen LogP) is 2.99. The number of hydrogen-bond acceptors (Lipinski definition) is 2. The first-order chi connectivity index (χ1) is 6.56. The van der Waals surface area contributed by atoms with Gasteiger partial charge in [0, 0.05) is 11.6 Å². The molecule has 2 nitrogen and oxygen atoms in total. The van der Waals surface area contributed by atoms with Gasteiger partial charge in [0.1, 0.15) is 16.1 Å². The zero-order chi connectivity index (χ0) is 10.7. The van der Waals surface area contributed by atoms with E-state index in [1.165, 1.54) is 0 Å². The first-order valence-electron chi connectivity index (χ1n) is 3.56. The maximum atomic E-state index is 13.1. The molecule has 0 unspecified atom stereocenters. The average Bonchev–Trinajstić information content (AvgIpc) is 2.10. The van der Waals surface area contributed by atoms with Gasteiger partial charge in [-0.05, 0) is 15.9 Å². The van der Waals surface area contributed by atoms with Crippen LogP contribution in [0.25, 0.3) is 0 Å². The summed E-state index contributed by atoms with van der Waals surface area (Å²) < 4.78 is 37.3. The van der Waals surface area contributed by atoms with Gasteiger partial charge in [0.25, 0.3) is 6.43 Å². The van der Waals surface area contributed by atoms with E-state index in [-0.39, 0.29) is 16.6 Å². The molecule has 74 valence electrons. The zero-order valence-electron chi connectivity index (χ0n) is 6.77. The van der Waals surface area contributed by atoms with Crippen molar-refractivity contribution in [2.75, 3.05) is 0 Å². The molecule has 0 spiro atoms. The minimum atomic E-state index is -2.82. The number of alkyl halides is 2. The van der Waals surface area contributed by atoms with E-state index in [4.69, 9.17) is 5.26 Å². The van der Waals surface area contributed by atoms with Crippen LogP contribution in [-0.2, 0) is 6.42 Å². The van der Waals surface area contributed by atoms with Crippen molar-refractivity contribution in [1.29, 1.82) is 5.26 Å². The van der Waals surface area contributed by atoms with Crippen LogP contribution in [0.15, 0.2) is 10.7 Å². The maximum absolute atomic E-state index is 13.1. The number of aromatic nitrogens is 1. The van der Waals surface area contributed by atoms with Crippen LogP contribution in [0.4, 0.5) is 13.2 Å². The molecule has 1 aromatic rings. The Kier molecular flexibility index (Phi) is 3.47. The molecule has 0 aliphatic heterocycles. The molecule has 0 bridgehead atoms. The van der Waals surface area contributed by atoms with Gasteiger partial charge in [0.2, 0.25) is 0 Å². The molecule has 1 aromatic heterocycles. The second-order valence-corrected chi connectivity index (χ2v) is 3.19. The monoisotopic (exact) mass is 264 g/mol. The number of nitriles is 1. The third-order valence-electron chi connectivity index (χ3n) is 1.52. The Balaban J connectivity index is 3.19. The standard InChI is InChI=1S/C8H4BrF3N2/c9-7-4(1-2-13)5(10)3-6(14-7)8(11)12/h3,8H,1H2. The number of halogens is 4. The summed E-state index contributed by atoms with van der Waals surface area (Å²) in [5.41, 5.74) is -0.645. The summed E-state index contributed by atoms with van der Waals surface area (Å²) in [6.45, 7) is 0. The lowest BCUT2D eigenvalue weighted by Gasteiger charge is -2.04. The molecule has 0 atom stereocenters. The fraction of sp³-hybridized carbons (Fsp3) is 0.250. The van der Waals surface area contributed by atoms with Crippen LogP contribution < -0.4 is 0 Å². The first kappa shape index (κ1) is 11.0. The summed E-state index contributed by atoms with van der Waals surface area (Å²) in [6, 6.07) is 2.36. The fourth-order valence-corrected chi connectivity index (χ4v) is 1.41. The molecule has 0 amide bonds. The van der Waals surface area contributed by atoms with Crippen molar-refractivity contribution >= 4 is 15.9 Å². The molecule has 0 N–H and O–H groups in total. The van der Waals surface area contributed by atoms with Crippen LogP contribution >= 0.6 is 15.9 Å². The van der Waals surface area contributed by atoms with Crippen molar-refractivity contribution < 1.29 is 13.2 Å². The van der Waals surface area contributed by atoms with Crippen LogP contribution in [0.2, 0.25) is 0 Å². The molecule has 0 saturated carbocycles. The number of rotatable bonds is 2.